The maximum Gasteiger partial charge on any atom is 0.335 e. The number of hydrogen-bond donors (Lipinski definition) is 1. The van der Waals surface area contributed by atoms with Gasteiger partial charge in [-0.15, -0.1) is 11.3 Å². The summed E-state index contributed by atoms with van der Waals surface area (Å²) in [5.74, 6) is -0.569. The molecule has 0 fully saturated rings. The normalized spacial score (nSPS) is 11.4. The summed E-state index contributed by atoms with van der Waals surface area (Å²) in [7, 11) is -2.35. The molecule has 0 amide bonds. The van der Waals surface area contributed by atoms with Crippen LogP contribution in [-0.2, 0) is 16.6 Å². The van der Waals surface area contributed by atoms with Gasteiger partial charge in [0.1, 0.15) is 12.4 Å². The predicted molar refractivity (Wildman–Crippen MR) is 121 cm³/mol. The van der Waals surface area contributed by atoms with Crippen LogP contribution in [0, 0.1) is 27.7 Å². The molecule has 3 aromatic rings. The number of benzene rings is 2. The molecule has 0 aliphatic heterocycles. The van der Waals surface area contributed by atoms with Crippen molar-refractivity contribution in [2.24, 2.45) is 0 Å². The van der Waals surface area contributed by atoms with Gasteiger partial charge >= 0.3 is 5.97 Å². The summed E-state index contributed by atoms with van der Waals surface area (Å²) < 4.78 is 33.4. The summed E-state index contributed by atoms with van der Waals surface area (Å²) in [6.45, 7) is 7.57. The SMILES string of the molecule is Cc1csc(S(=O)(=O)N(C)c2cc(C)c(C)cc2OCc2ccc(C(=O)O)cc2C)n1. The Bertz CT molecular complexity index is 1250. The van der Waals surface area contributed by atoms with Crippen LogP contribution in [0.25, 0.3) is 0 Å². The highest BCUT2D eigenvalue weighted by molar-refractivity contribution is 7.94. The van der Waals surface area contributed by atoms with Crippen LogP contribution in [0.15, 0.2) is 40.1 Å². The van der Waals surface area contributed by atoms with Crippen molar-refractivity contribution in [1.29, 1.82) is 0 Å². The minimum Gasteiger partial charge on any atom is -0.487 e. The van der Waals surface area contributed by atoms with Gasteiger partial charge in [-0.25, -0.2) is 9.78 Å². The highest BCUT2D eigenvalue weighted by atomic mass is 32.2. The summed E-state index contributed by atoms with van der Waals surface area (Å²) in [6.07, 6.45) is 0. The van der Waals surface area contributed by atoms with Crippen LogP contribution in [0.2, 0.25) is 0 Å². The van der Waals surface area contributed by atoms with Crippen LogP contribution in [0.4, 0.5) is 5.69 Å². The fraction of sp³-hybridized carbons (Fsp3) is 0.273. The number of aromatic carboxylic acids is 1. The van der Waals surface area contributed by atoms with Crippen molar-refractivity contribution >= 4 is 33.0 Å². The van der Waals surface area contributed by atoms with Gasteiger partial charge in [0.2, 0.25) is 4.34 Å². The zero-order valence-corrected chi connectivity index (χ0v) is 19.6. The van der Waals surface area contributed by atoms with Gasteiger partial charge in [0.05, 0.1) is 11.3 Å². The number of carboxylic acids is 1. The van der Waals surface area contributed by atoms with Crippen molar-refractivity contribution in [3.8, 4) is 5.75 Å². The van der Waals surface area contributed by atoms with Gasteiger partial charge in [0.15, 0.2) is 0 Å². The highest BCUT2D eigenvalue weighted by Gasteiger charge is 2.27. The largest absolute Gasteiger partial charge is 0.487 e. The average molecular weight is 461 g/mol. The molecule has 31 heavy (non-hydrogen) atoms. The lowest BCUT2D eigenvalue weighted by Crippen LogP contribution is -2.27. The number of carbonyl (C=O) groups is 1. The van der Waals surface area contributed by atoms with E-state index in [0.29, 0.717) is 17.1 Å². The first kappa shape index (κ1) is 22.8. The molecule has 3 rings (SSSR count). The topological polar surface area (TPSA) is 96.8 Å². The third-order valence-electron chi connectivity index (χ3n) is 5.07. The molecule has 0 spiro atoms. The zero-order valence-electron chi connectivity index (χ0n) is 18.0. The number of aryl methyl sites for hydroxylation is 4. The second-order valence-corrected chi connectivity index (χ2v) is 10.4. The van der Waals surface area contributed by atoms with E-state index < -0.39 is 16.0 Å². The monoisotopic (exact) mass is 460 g/mol. The van der Waals surface area contributed by atoms with Crippen molar-refractivity contribution in [2.75, 3.05) is 11.4 Å². The first-order chi connectivity index (χ1) is 14.5. The van der Waals surface area contributed by atoms with Crippen molar-refractivity contribution in [3.63, 3.8) is 0 Å². The third-order valence-corrected chi connectivity index (χ3v) is 8.19. The minimum absolute atomic E-state index is 0.0248. The van der Waals surface area contributed by atoms with Crippen LogP contribution >= 0.6 is 11.3 Å². The Kier molecular flexibility index (Phi) is 6.38. The molecule has 0 aliphatic carbocycles. The van der Waals surface area contributed by atoms with E-state index in [2.05, 4.69) is 4.98 Å². The first-order valence-electron chi connectivity index (χ1n) is 9.48. The average Bonchev–Trinajstić information content (AvgIpc) is 3.15. The summed E-state index contributed by atoms with van der Waals surface area (Å²) >= 11 is 1.08. The molecule has 1 heterocycles. The second kappa shape index (κ2) is 8.68. The number of carboxylic acid groups (broad SMARTS) is 1. The Labute approximate surface area is 186 Å². The first-order valence-corrected chi connectivity index (χ1v) is 11.8. The Morgan fingerprint density at radius 2 is 1.77 bits per heavy atom. The molecule has 0 aliphatic rings. The predicted octanol–water partition coefficient (Wildman–Crippen LogP) is 4.48. The van der Waals surface area contributed by atoms with E-state index >= 15 is 0 Å². The van der Waals surface area contributed by atoms with E-state index in [0.717, 1.165) is 33.6 Å². The quantitative estimate of drug-likeness (QED) is 0.558. The summed E-state index contributed by atoms with van der Waals surface area (Å²) in [5, 5.41) is 10.8. The van der Waals surface area contributed by atoms with Gasteiger partial charge in [-0.1, -0.05) is 6.07 Å². The van der Waals surface area contributed by atoms with E-state index in [-0.39, 0.29) is 16.5 Å². The van der Waals surface area contributed by atoms with Crippen molar-refractivity contribution in [1.82, 2.24) is 4.98 Å². The fourth-order valence-corrected chi connectivity index (χ4v) is 5.36. The van der Waals surface area contributed by atoms with E-state index in [1.54, 1.807) is 30.5 Å². The molecule has 2 aromatic carbocycles. The van der Waals surface area contributed by atoms with Crippen LogP contribution in [-0.4, -0.2) is 31.5 Å². The van der Waals surface area contributed by atoms with E-state index in [1.807, 2.05) is 26.8 Å². The third kappa shape index (κ3) is 4.72. The van der Waals surface area contributed by atoms with E-state index in [4.69, 9.17) is 9.84 Å². The van der Waals surface area contributed by atoms with Crippen molar-refractivity contribution in [2.45, 2.75) is 38.6 Å². The fourth-order valence-electron chi connectivity index (χ4n) is 2.98. The molecule has 0 unspecified atom stereocenters. The van der Waals surface area contributed by atoms with Crippen LogP contribution in [0.1, 0.15) is 38.3 Å². The molecule has 0 atom stereocenters. The molecule has 9 heteroatoms. The second-order valence-electron chi connectivity index (χ2n) is 7.37. The number of thiazole rings is 1. The molecule has 1 aromatic heterocycles. The standard InChI is InChI=1S/C22H24N2O5S2/c1-13-9-19(24(5)31(27,28)22-23-16(4)12-30-22)20(10-14(13)2)29-11-18-7-6-17(21(25)26)8-15(18)3/h6-10,12H,11H2,1-5H3,(H,25,26). The number of sulfonamides is 1. The molecule has 1 N–H and O–H groups in total. The van der Waals surface area contributed by atoms with Gasteiger partial charge in [0.25, 0.3) is 10.0 Å². The molecular formula is C22H24N2O5S2. The number of ether oxygens (including phenoxy) is 1. The summed E-state index contributed by atoms with van der Waals surface area (Å²) in [6, 6.07) is 8.41. The number of aromatic nitrogens is 1. The summed E-state index contributed by atoms with van der Waals surface area (Å²) in [4.78, 5) is 15.3. The molecular weight excluding hydrogens is 436 g/mol. The Balaban J connectivity index is 1.95. The Morgan fingerprint density at radius 1 is 1.10 bits per heavy atom. The molecule has 0 radical (unpaired) electrons. The van der Waals surface area contributed by atoms with Crippen molar-refractivity contribution in [3.05, 3.63) is 69.2 Å². The van der Waals surface area contributed by atoms with E-state index in [9.17, 15) is 13.2 Å². The van der Waals surface area contributed by atoms with Gasteiger partial charge in [-0.2, -0.15) is 8.42 Å². The lowest BCUT2D eigenvalue weighted by molar-refractivity contribution is 0.0696. The van der Waals surface area contributed by atoms with E-state index in [1.165, 1.54) is 17.4 Å². The van der Waals surface area contributed by atoms with Crippen molar-refractivity contribution < 1.29 is 23.1 Å². The highest BCUT2D eigenvalue weighted by Crippen LogP contribution is 2.35. The lowest BCUT2D eigenvalue weighted by Gasteiger charge is -2.23. The van der Waals surface area contributed by atoms with Crippen LogP contribution in [0.5, 0.6) is 5.75 Å². The summed E-state index contributed by atoms with van der Waals surface area (Å²) in [5.41, 5.74) is 4.76. The molecule has 0 saturated heterocycles. The number of anilines is 1. The van der Waals surface area contributed by atoms with Gasteiger partial charge < -0.3 is 9.84 Å². The van der Waals surface area contributed by atoms with Gasteiger partial charge in [-0.3, -0.25) is 4.31 Å². The Morgan fingerprint density at radius 3 is 2.35 bits per heavy atom. The molecule has 0 saturated carbocycles. The number of hydrogen-bond acceptors (Lipinski definition) is 6. The molecule has 164 valence electrons. The van der Waals surface area contributed by atoms with Crippen LogP contribution in [0.3, 0.4) is 0 Å². The lowest BCUT2D eigenvalue weighted by atomic mass is 10.1. The maximum atomic E-state index is 13.1. The zero-order chi connectivity index (χ0) is 22.9. The van der Waals surface area contributed by atoms with Gasteiger partial charge in [-0.05, 0) is 74.2 Å². The smallest absolute Gasteiger partial charge is 0.335 e. The number of rotatable bonds is 7. The minimum atomic E-state index is -3.83. The Hall–Kier alpha value is -2.91. The van der Waals surface area contributed by atoms with Gasteiger partial charge in [0, 0.05) is 18.1 Å². The molecule has 0 bridgehead atoms. The number of nitrogens with zero attached hydrogens (tertiary/aromatic N) is 2. The molecule has 7 nitrogen and oxygen atoms in total. The maximum absolute atomic E-state index is 13.1. The van der Waals surface area contributed by atoms with Crippen LogP contribution < -0.4 is 9.04 Å².